The van der Waals surface area contributed by atoms with Crippen LogP contribution in [0, 0.1) is 0 Å². The topological polar surface area (TPSA) is 52.2 Å². The van der Waals surface area contributed by atoms with Crippen molar-refractivity contribution in [2.45, 2.75) is 38.6 Å². The van der Waals surface area contributed by atoms with E-state index in [0.29, 0.717) is 5.75 Å². The van der Waals surface area contributed by atoms with Gasteiger partial charge in [-0.05, 0) is 36.8 Å². The van der Waals surface area contributed by atoms with Crippen LogP contribution in [0.25, 0.3) is 0 Å². The van der Waals surface area contributed by atoms with Crippen molar-refractivity contribution >= 4 is 18.1 Å². The van der Waals surface area contributed by atoms with E-state index >= 15 is 0 Å². The molecule has 2 unspecified atom stereocenters. The number of nitrogens with one attached hydrogen (secondary N) is 1. The molecule has 19 heavy (non-hydrogen) atoms. The molecule has 6 heteroatoms. The summed E-state index contributed by atoms with van der Waals surface area (Å²) in [6, 6.07) is 8.09. The molecule has 1 aromatic rings. The smallest absolute Gasteiger partial charge is 0.780 e. The number of hydrogen-bond donors (Lipinski definition) is 1. The maximum Gasteiger partial charge on any atom is 1.00 e. The van der Waals surface area contributed by atoms with Crippen LogP contribution in [0.2, 0.25) is 0 Å². The first-order valence-electron chi connectivity index (χ1n) is 6.43. The van der Waals surface area contributed by atoms with E-state index in [2.05, 4.69) is 11.2 Å². The van der Waals surface area contributed by atoms with Gasteiger partial charge in [-0.1, -0.05) is 42.6 Å². The second-order valence-electron chi connectivity index (χ2n) is 4.60. The summed E-state index contributed by atoms with van der Waals surface area (Å²) in [6.45, 7) is -1.53. The van der Waals surface area contributed by atoms with Crippen molar-refractivity contribution in [2.75, 3.05) is 5.75 Å². The van der Waals surface area contributed by atoms with Crippen molar-refractivity contribution in [2.24, 2.45) is 0 Å². The molecule has 1 aliphatic rings. The van der Waals surface area contributed by atoms with Crippen LogP contribution in [0.4, 0.5) is 0 Å². The molecule has 1 N–H and O–H groups in total. The fourth-order valence-electron chi connectivity index (χ4n) is 2.33. The Morgan fingerprint density at radius 1 is 1.47 bits per heavy atom. The minimum atomic E-state index is -3.52. The molecule has 0 radical (unpaired) electrons. The van der Waals surface area contributed by atoms with Gasteiger partial charge in [-0.25, -0.2) is 0 Å². The Kier molecular flexibility index (Phi) is 7.70. The van der Waals surface area contributed by atoms with Crippen molar-refractivity contribution in [1.29, 1.82) is 0 Å². The summed E-state index contributed by atoms with van der Waals surface area (Å²) in [6.07, 6.45) is 3.88. The Bertz CT molecular complexity index is 458. The van der Waals surface area contributed by atoms with Crippen molar-refractivity contribution in [3.8, 4) is 0 Å². The summed E-state index contributed by atoms with van der Waals surface area (Å²) in [7, 11) is 0. The SMILES string of the molecule is CCCSP(=O)([O-])NC1CCCc2ccccc21.[Na+]. The Hall–Kier alpha value is 0.720. The molecule has 1 aromatic carbocycles. The minimum Gasteiger partial charge on any atom is -0.780 e. The summed E-state index contributed by atoms with van der Waals surface area (Å²) in [5.74, 6) is 0.655. The van der Waals surface area contributed by atoms with Gasteiger partial charge in [-0.3, -0.25) is 5.09 Å². The Labute approximate surface area is 141 Å². The van der Waals surface area contributed by atoms with Crippen molar-refractivity contribution in [3.05, 3.63) is 35.4 Å². The summed E-state index contributed by atoms with van der Waals surface area (Å²) in [5.41, 5.74) is 2.43. The zero-order valence-electron chi connectivity index (χ0n) is 11.6. The van der Waals surface area contributed by atoms with Gasteiger partial charge in [0.2, 0.25) is 0 Å². The monoisotopic (exact) mass is 307 g/mol. The van der Waals surface area contributed by atoms with E-state index in [4.69, 9.17) is 0 Å². The van der Waals surface area contributed by atoms with E-state index in [9.17, 15) is 9.46 Å². The molecule has 3 nitrogen and oxygen atoms in total. The quantitative estimate of drug-likeness (QED) is 0.627. The normalized spacial score (nSPS) is 21.1. The second-order valence-corrected chi connectivity index (χ2v) is 8.74. The summed E-state index contributed by atoms with van der Waals surface area (Å²) in [5, 5.41) is 2.85. The number of rotatable bonds is 5. The van der Waals surface area contributed by atoms with E-state index < -0.39 is 6.72 Å². The predicted octanol–water partition coefficient (Wildman–Crippen LogP) is 0.269. The fourth-order valence-corrected chi connectivity index (χ4v) is 5.35. The molecule has 0 spiro atoms. The van der Waals surface area contributed by atoms with Crippen molar-refractivity contribution < 1.29 is 39.0 Å². The molecular formula is C13H19NNaO2PS. The van der Waals surface area contributed by atoms with Crippen LogP contribution >= 0.6 is 18.1 Å². The summed E-state index contributed by atoms with van der Waals surface area (Å²) >= 11 is 1.04. The maximum absolute atomic E-state index is 11.9. The first kappa shape index (κ1) is 17.8. The van der Waals surface area contributed by atoms with Crippen LogP contribution in [0.1, 0.15) is 43.4 Å². The average molecular weight is 307 g/mol. The van der Waals surface area contributed by atoms with Gasteiger partial charge in [0.15, 0.2) is 0 Å². The third-order valence-corrected chi connectivity index (χ3v) is 6.59. The van der Waals surface area contributed by atoms with Gasteiger partial charge in [0, 0.05) is 11.8 Å². The zero-order chi connectivity index (χ0) is 13.0. The molecule has 0 bridgehead atoms. The van der Waals surface area contributed by atoms with E-state index in [1.807, 2.05) is 25.1 Å². The number of benzene rings is 1. The van der Waals surface area contributed by atoms with Gasteiger partial charge in [0.1, 0.15) is 6.72 Å². The molecule has 0 aliphatic heterocycles. The Morgan fingerprint density at radius 3 is 2.95 bits per heavy atom. The average Bonchev–Trinajstić information content (AvgIpc) is 2.37. The van der Waals surface area contributed by atoms with Gasteiger partial charge in [-0.2, -0.15) is 0 Å². The molecule has 0 fully saturated rings. The molecule has 1 aliphatic carbocycles. The van der Waals surface area contributed by atoms with Crippen LogP contribution in [0.5, 0.6) is 0 Å². The molecule has 0 amide bonds. The van der Waals surface area contributed by atoms with Crippen LogP contribution in [-0.4, -0.2) is 5.75 Å². The van der Waals surface area contributed by atoms with Crippen molar-refractivity contribution in [3.63, 3.8) is 0 Å². The Morgan fingerprint density at radius 2 is 2.21 bits per heavy atom. The van der Waals surface area contributed by atoms with Crippen LogP contribution in [-0.2, 0) is 11.0 Å². The van der Waals surface area contributed by atoms with Gasteiger partial charge >= 0.3 is 29.6 Å². The molecule has 0 heterocycles. The molecule has 0 aromatic heterocycles. The minimum absolute atomic E-state index is 0. The largest absolute Gasteiger partial charge is 1.00 e. The van der Waals surface area contributed by atoms with Crippen LogP contribution < -0.4 is 39.5 Å². The van der Waals surface area contributed by atoms with Crippen LogP contribution in [0.3, 0.4) is 0 Å². The van der Waals surface area contributed by atoms with Gasteiger partial charge in [-0.15, -0.1) is 0 Å². The number of hydrogen-bond acceptors (Lipinski definition) is 3. The van der Waals surface area contributed by atoms with Gasteiger partial charge in [0.05, 0.1) is 0 Å². The van der Waals surface area contributed by atoms with Gasteiger partial charge < -0.3 is 9.46 Å². The molecule has 2 rings (SSSR count). The van der Waals surface area contributed by atoms with E-state index in [-0.39, 0.29) is 35.6 Å². The first-order chi connectivity index (χ1) is 8.62. The second kappa shape index (κ2) is 8.23. The van der Waals surface area contributed by atoms with E-state index in [0.717, 1.165) is 42.6 Å². The summed E-state index contributed by atoms with van der Waals surface area (Å²) < 4.78 is 11.9. The summed E-state index contributed by atoms with van der Waals surface area (Å²) in [4.78, 5) is 11.9. The molecular weight excluding hydrogens is 288 g/mol. The van der Waals surface area contributed by atoms with E-state index in [1.165, 1.54) is 5.56 Å². The molecule has 2 atom stereocenters. The Balaban J connectivity index is 0.00000180. The number of aryl methyl sites for hydroxylation is 1. The standard InChI is InChI=1S/C13H20NO2PS.Na/c1-2-10-18-17(15,16)14-13-9-5-7-11-6-3-4-8-12(11)13;/h3-4,6,8,13H,2,5,7,9-10H2,1H3,(H2,14,15,16);/q;+1/p-1. The number of fused-ring (bicyclic) bond motifs is 1. The molecule has 100 valence electrons. The molecule has 0 saturated heterocycles. The van der Waals surface area contributed by atoms with E-state index in [1.54, 1.807) is 0 Å². The first-order valence-corrected chi connectivity index (χ1v) is 9.65. The maximum atomic E-state index is 11.9. The van der Waals surface area contributed by atoms with Gasteiger partial charge in [0.25, 0.3) is 0 Å². The third kappa shape index (κ3) is 5.20. The fraction of sp³-hybridized carbons (Fsp3) is 0.538. The van der Waals surface area contributed by atoms with Crippen LogP contribution in [0.15, 0.2) is 24.3 Å². The third-order valence-electron chi connectivity index (χ3n) is 3.15. The predicted molar refractivity (Wildman–Crippen MR) is 75.6 cm³/mol. The zero-order valence-corrected chi connectivity index (χ0v) is 15.3. The molecule has 0 saturated carbocycles. The van der Waals surface area contributed by atoms with Crippen molar-refractivity contribution in [1.82, 2.24) is 5.09 Å².